The van der Waals surface area contributed by atoms with Crippen LogP contribution in [0, 0.1) is 6.92 Å². The number of benzene rings is 1. The number of imidazole rings is 1. The monoisotopic (exact) mass is 271 g/mol. The molecular weight excluding hydrogens is 250 g/mol. The van der Waals surface area contributed by atoms with Crippen LogP contribution in [0.5, 0.6) is 0 Å². The van der Waals surface area contributed by atoms with Crippen LogP contribution in [0.3, 0.4) is 0 Å². The Morgan fingerprint density at radius 3 is 2.70 bits per heavy atom. The van der Waals surface area contributed by atoms with Gasteiger partial charge < -0.3 is 9.88 Å². The Balaban J connectivity index is 1.58. The molecule has 0 bridgehead atoms. The number of amides is 1. The first-order chi connectivity index (χ1) is 9.75. The Labute approximate surface area is 119 Å². The van der Waals surface area contributed by atoms with Crippen molar-refractivity contribution in [1.82, 2.24) is 14.9 Å². The first-order valence-electron chi connectivity index (χ1n) is 7.06. The van der Waals surface area contributed by atoms with Crippen molar-refractivity contribution in [2.24, 2.45) is 0 Å². The second-order valence-corrected chi connectivity index (χ2v) is 4.98. The van der Waals surface area contributed by atoms with Crippen LogP contribution in [0.15, 0.2) is 43.0 Å². The highest BCUT2D eigenvalue weighted by atomic mass is 16.1. The quantitative estimate of drug-likeness (QED) is 0.787. The van der Waals surface area contributed by atoms with Gasteiger partial charge in [0.15, 0.2) is 0 Å². The normalized spacial score (nSPS) is 10.4. The summed E-state index contributed by atoms with van der Waals surface area (Å²) in [5.74, 6) is 0.0135. The van der Waals surface area contributed by atoms with Gasteiger partial charge in [-0.15, -0.1) is 0 Å². The molecule has 0 spiro atoms. The van der Waals surface area contributed by atoms with Gasteiger partial charge in [0.05, 0.1) is 6.33 Å². The Morgan fingerprint density at radius 2 is 2.00 bits per heavy atom. The van der Waals surface area contributed by atoms with Gasteiger partial charge >= 0.3 is 0 Å². The van der Waals surface area contributed by atoms with E-state index in [1.54, 1.807) is 6.20 Å². The van der Waals surface area contributed by atoms with Gasteiger partial charge in [-0.1, -0.05) is 17.7 Å². The third-order valence-electron chi connectivity index (χ3n) is 3.25. The highest BCUT2D eigenvalue weighted by molar-refractivity contribution is 5.94. The lowest BCUT2D eigenvalue weighted by molar-refractivity contribution is 0.0953. The molecule has 1 N–H and O–H groups in total. The van der Waals surface area contributed by atoms with Crippen LogP contribution >= 0.6 is 0 Å². The summed E-state index contributed by atoms with van der Waals surface area (Å²) in [6.07, 6.45) is 8.82. The highest BCUT2D eigenvalue weighted by Gasteiger charge is 2.03. The molecule has 2 rings (SSSR count). The summed E-state index contributed by atoms with van der Waals surface area (Å²) in [4.78, 5) is 15.9. The Morgan fingerprint density at radius 1 is 1.20 bits per heavy atom. The maximum absolute atomic E-state index is 11.9. The molecule has 0 radical (unpaired) electrons. The minimum absolute atomic E-state index is 0.0135. The summed E-state index contributed by atoms with van der Waals surface area (Å²) in [6, 6.07) is 7.65. The molecule has 1 aromatic carbocycles. The van der Waals surface area contributed by atoms with Gasteiger partial charge in [-0.3, -0.25) is 4.79 Å². The van der Waals surface area contributed by atoms with Crippen molar-refractivity contribution in [3.63, 3.8) is 0 Å². The fraction of sp³-hybridized carbons (Fsp3) is 0.375. The third kappa shape index (κ3) is 4.53. The highest BCUT2D eigenvalue weighted by Crippen LogP contribution is 2.03. The van der Waals surface area contributed by atoms with E-state index in [1.807, 2.05) is 43.7 Å². The molecule has 0 saturated carbocycles. The predicted octanol–water partition coefficient (Wildman–Crippen LogP) is 2.79. The third-order valence-corrected chi connectivity index (χ3v) is 3.25. The fourth-order valence-corrected chi connectivity index (χ4v) is 2.02. The molecule has 0 aliphatic rings. The number of aromatic nitrogens is 2. The number of hydrogen-bond acceptors (Lipinski definition) is 2. The lowest BCUT2D eigenvalue weighted by Gasteiger charge is -2.06. The second kappa shape index (κ2) is 7.48. The van der Waals surface area contributed by atoms with Crippen LogP contribution in [0.4, 0.5) is 0 Å². The summed E-state index contributed by atoms with van der Waals surface area (Å²) in [5, 5.41) is 2.95. The van der Waals surface area contributed by atoms with E-state index in [0.29, 0.717) is 0 Å². The number of nitrogens with one attached hydrogen (secondary N) is 1. The zero-order chi connectivity index (χ0) is 14.2. The average molecular weight is 271 g/mol. The Kier molecular flexibility index (Phi) is 5.35. The molecule has 1 amide bonds. The molecule has 0 saturated heterocycles. The summed E-state index contributed by atoms with van der Waals surface area (Å²) in [7, 11) is 0. The molecule has 4 heteroatoms. The standard InChI is InChI=1S/C16H21N3O/c1-14-5-7-15(8-6-14)16(20)18-9-3-2-4-11-19-12-10-17-13-19/h5-8,10,12-13H,2-4,9,11H2,1H3,(H,18,20). The molecule has 0 unspecified atom stereocenters. The molecule has 0 aliphatic heterocycles. The van der Waals surface area contributed by atoms with Gasteiger partial charge in [-0.2, -0.15) is 0 Å². The minimum atomic E-state index is 0.0135. The maximum Gasteiger partial charge on any atom is 0.251 e. The molecule has 1 aromatic heterocycles. The van der Waals surface area contributed by atoms with Gasteiger partial charge in [-0.25, -0.2) is 4.98 Å². The summed E-state index contributed by atoms with van der Waals surface area (Å²) in [5.41, 5.74) is 1.90. The molecular formula is C16H21N3O. The zero-order valence-corrected chi connectivity index (χ0v) is 11.9. The first-order valence-corrected chi connectivity index (χ1v) is 7.06. The number of unbranched alkanes of at least 4 members (excludes halogenated alkanes) is 2. The van der Waals surface area contributed by atoms with E-state index < -0.39 is 0 Å². The maximum atomic E-state index is 11.9. The van der Waals surface area contributed by atoms with Crippen LogP contribution in [0.1, 0.15) is 35.2 Å². The van der Waals surface area contributed by atoms with Crippen LogP contribution in [0.2, 0.25) is 0 Å². The summed E-state index contributed by atoms with van der Waals surface area (Å²) in [6.45, 7) is 3.74. The van der Waals surface area contributed by atoms with Crippen LogP contribution in [0.25, 0.3) is 0 Å². The molecule has 0 aliphatic carbocycles. The van der Waals surface area contributed by atoms with Gasteiger partial charge in [0.2, 0.25) is 0 Å². The van der Waals surface area contributed by atoms with Gasteiger partial charge in [0.25, 0.3) is 5.91 Å². The Bertz CT molecular complexity index is 517. The number of carbonyl (C=O) groups excluding carboxylic acids is 1. The van der Waals surface area contributed by atoms with Crippen molar-refractivity contribution in [2.75, 3.05) is 6.54 Å². The lowest BCUT2D eigenvalue weighted by Crippen LogP contribution is -2.24. The van der Waals surface area contributed by atoms with Crippen molar-refractivity contribution >= 4 is 5.91 Å². The van der Waals surface area contributed by atoms with E-state index in [0.717, 1.165) is 37.9 Å². The number of rotatable bonds is 7. The van der Waals surface area contributed by atoms with Crippen molar-refractivity contribution in [2.45, 2.75) is 32.7 Å². The van der Waals surface area contributed by atoms with Crippen LogP contribution in [-0.4, -0.2) is 22.0 Å². The largest absolute Gasteiger partial charge is 0.352 e. The summed E-state index contributed by atoms with van der Waals surface area (Å²) >= 11 is 0. The zero-order valence-electron chi connectivity index (χ0n) is 11.9. The van der Waals surface area contributed by atoms with Gasteiger partial charge in [0, 0.05) is 31.0 Å². The minimum Gasteiger partial charge on any atom is -0.352 e. The molecule has 2 aromatic rings. The lowest BCUT2D eigenvalue weighted by atomic mass is 10.1. The van der Waals surface area contributed by atoms with Crippen LogP contribution in [-0.2, 0) is 6.54 Å². The van der Waals surface area contributed by atoms with Gasteiger partial charge in [0.1, 0.15) is 0 Å². The van der Waals surface area contributed by atoms with E-state index >= 15 is 0 Å². The smallest absolute Gasteiger partial charge is 0.251 e. The van der Waals surface area contributed by atoms with Crippen molar-refractivity contribution < 1.29 is 4.79 Å². The van der Waals surface area contributed by atoms with E-state index in [2.05, 4.69) is 14.9 Å². The molecule has 1 heterocycles. The Hall–Kier alpha value is -2.10. The molecule has 106 valence electrons. The number of hydrogen-bond donors (Lipinski definition) is 1. The molecule has 4 nitrogen and oxygen atoms in total. The van der Waals surface area contributed by atoms with Crippen LogP contribution < -0.4 is 5.32 Å². The van der Waals surface area contributed by atoms with E-state index in [1.165, 1.54) is 5.56 Å². The number of aryl methyl sites for hydroxylation is 2. The predicted molar refractivity (Wildman–Crippen MR) is 79.6 cm³/mol. The van der Waals surface area contributed by atoms with E-state index in [-0.39, 0.29) is 5.91 Å². The number of nitrogens with zero attached hydrogens (tertiary/aromatic N) is 2. The van der Waals surface area contributed by atoms with Crippen molar-refractivity contribution in [1.29, 1.82) is 0 Å². The molecule has 20 heavy (non-hydrogen) atoms. The first kappa shape index (κ1) is 14.3. The number of carbonyl (C=O) groups is 1. The fourth-order valence-electron chi connectivity index (χ4n) is 2.02. The van der Waals surface area contributed by atoms with Crippen molar-refractivity contribution in [3.8, 4) is 0 Å². The second-order valence-electron chi connectivity index (χ2n) is 4.98. The summed E-state index contributed by atoms with van der Waals surface area (Å²) < 4.78 is 2.07. The topological polar surface area (TPSA) is 46.9 Å². The molecule has 0 fully saturated rings. The average Bonchev–Trinajstić information content (AvgIpc) is 2.96. The van der Waals surface area contributed by atoms with Crippen molar-refractivity contribution in [3.05, 3.63) is 54.1 Å². The SMILES string of the molecule is Cc1ccc(C(=O)NCCCCCn2ccnc2)cc1. The van der Waals surface area contributed by atoms with E-state index in [9.17, 15) is 4.79 Å². The molecule has 0 atom stereocenters. The van der Waals surface area contributed by atoms with Gasteiger partial charge in [-0.05, 0) is 38.3 Å². The van der Waals surface area contributed by atoms with E-state index in [4.69, 9.17) is 0 Å².